The van der Waals surface area contributed by atoms with Crippen LogP contribution < -0.4 is 5.32 Å². The van der Waals surface area contributed by atoms with E-state index >= 15 is 0 Å². The third-order valence-electron chi connectivity index (χ3n) is 4.52. The van der Waals surface area contributed by atoms with Crippen LogP contribution in [0.1, 0.15) is 12.0 Å². The zero-order valence-electron chi connectivity index (χ0n) is 14.4. The average Bonchev–Trinajstić information content (AvgIpc) is 3.07. The molecule has 2 atom stereocenters. The Bertz CT molecular complexity index is 916. The molecule has 0 bridgehead atoms. The molecule has 4 heterocycles. The molecule has 3 aromatic rings. The van der Waals surface area contributed by atoms with Crippen molar-refractivity contribution in [3.8, 4) is 11.4 Å². The molecule has 0 aliphatic carbocycles. The van der Waals surface area contributed by atoms with Crippen molar-refractivity contribution in [2.45, 2.75) is 31.4 Å². The summed E-state index contributed by atoms with van der Waals surface area (Å²) >= 11 is 0. The molecule has 0 spiro atoms. The van der Waals surface area contributed by atoms with E-state index in [9.17, 15) is 13.9 Å². The van der Waals surface area contributed by atoms with Crippen molar-refractivity contribution >= 4 is 11.5 Å². The van der Waals surface area contributed by atoms with Crippen molar-refractivity contribution in [2.24, 2.45) is 0 Å². The normalized spacial score (nSPS) is 20.3. The van der Waals surface area contributed by atoms with E-state index in [2.05, 4.69) is 20.4 Å². The van der Waals surface area contributed by atoms with E-state index in [1.807, 2.05) is 12.1 Å². The topological polar surface area (TPSA) is 84.6 Å². The molecule has 0 amide bonds. The van der Waals surface area contributed by atoms with Gasteiger partial charge in [0.15, 0.2) is 0 Å². The smallest absolute Gasteiger partial charge is 0.242 e. The fourth-order valence-electron chi connectivity index (χ4n) is 3.09. The van der Waals surface area contributed by atoms with Gasteiger partial charge in [0.2, 0.25) is 12.4 Å². The Labute approximate surface area is 154 Å². The van der Waals surface area contributed by atoms with E-state index in [1.165, 1.54) is 6.20 Å². The Balaban J connectivity index is 1.60. The second kappa shape index (κ2) is 7.53. The molecule has 2 N–H and O–H groups in total. The number of pyridine rings is 1. The number of halogens is 2. The summed E-state index contributed by atoms with van der Waals surface area (Å²) < 4.78 is 31.9. The molecule has 3 aromatic heterocycles. The number of ether oxygens (including phenoxy) is 1. The van der Waals surface area contributed by atoms with Gasteiger partial charge < -0.3 is 15.2 Å². The van der Waals surface area contributed by atoms with Crippen molar-refractivity contribution in [2.75, 3.05) is 18.5 Å². The van der Waals surface area contributed by atoms with Gasteiger partial charge in [-0.1, -0.05) is 6.07 Å². The van der Waals surface area contributed by atoms with Gasteiger partial charge >= 0.3 is 0 Å². The molecule has 1 aliphatic rings. The molecule has 0 radical (unpaired) electrons. The highest BCUT2D eigenvalue weighted by Gasteiger charge is 2.24. The van der Waals surface area contributed by atoms with E-state index in [0.29, 0.717) is 30.2 Å². The quantitative estimate of drug-likeness (QED) is 0.711. The van der Waals surface area contributed by atoms with Gasteiger partial charge in [-0.3, -0.25) is 4.98 Å². The summed E-state index contributed by atoms with van der Waals surface area (Å²) in [6.07, 6.45) is 0.468. The Kier molecular flexibility index (Phi) is 4.95. The van der Waals surface area contributed by atoms with Crippen LogP contribution in [0.25, 0.3) is 16.9 Å². The number of nitrogens with one attached hydrogen (secondary N) is 1. The van der Waals surface area contributed by atoms with Gasteiger partial charge in [0.05, 0.1) is 41.9 Å². The molecule has 1 aliphatic heterocycles. The van der Waals surface area contributed by atoms with Crippen molar-refractivity contribution < 1.29 is 18.6 Å². The van der Waals surface area contributed by atoms with Gasteiger partial charge in [-0.2, -0.15) is 0 Å². The zero-order chi connectivity index (χ0) is 18.8. The first-order valence-electron chi connectivity index (χ1n) is 8.71. The van der Waals surface area contributed by atoms with Crippen LogP contribution in [-0.2, 0) is 11.2 Å². The van der Waals surface area contributed by atoms with Crippen LogP contribution in [0.3, 0.4) is 0 Å². The van der Waals surface area contributed by atoms with Crippen LogP contribution in [0.5, 0.6) is 0 Å². The van der Waals surface area contributed by atoms with Crippen LogP contribution in [0.2, 0.25) is 0 Å². The Morgan fingerprint density at radius 1 is 1.22 bits per heavy atom. The minimum absolute atomic E-state index is 0.179. The fourth-order valence-corrected chi connectivity index (χ4v) is 3.09. The Morgan fingerprint density at radius 3 is 2.85 bits per heavy atom. The lowest BCUT2D eigenvalue weighted by Gasteiger charge is -2.28. The van der Waals surface area contributed by atoms with Gasteiger partial charge in [-0.05, 0) is 30.2 Å². The Hall–Kier alpha value is -2.65. The SMILES string of the molecule is O[C@@H]1COCC[C@H]1Nc1ncc2ccc(-c3ccc(CC(F)F)cn3)n2n1. The van der Waals surface area contributed by atoms with Crippen LogP contribution in [0.15, 0.2) is 36.7 Å². The molecular formula is C18H19F2N5O2. The van der Waals surface area contributed by atoms with E-state index in [4.69, 9.17) is 4.74 Å². The highest BCUT2D eigenvalue weighted by molar-refractivity contribution is 5.63. The van der Waals surface area contributed by atoms with Crippen molar-refractivity contribution in [3.63, 3.8) is 0 Å². The van der Waals surface area contributed by atoms with Crippen molar-refractivity contribution in [3.05, 3.63) is 42.2 Å². The van der Waals surface area contributed by atoms with E-state index in [0.717, 1.165) is 11.2 Å². The minimum Gasteiger partial charge on any atom is -0.389 e. The molecule has 4 rings (SSSR count). The molecule has 0 unspecified atom stereocenters. The summed E-state index contributed by atoms with van der Waals surface area (Å²) in [4.78, 5) is 8.58. The molecule has 0 saturated carbocycles. The monoisotopic (exact) mass is 375 g/mol. The highest BCUT2D eigenvalue weighted by atomic mass is 19.3. The summed E-state index contributed by atoms with van der Waals surface area (Å²) in [6, 6.07) is 6.88. The number of nitrogens with zero attached hydrogens (tertiary/aromatic N) is 4. The van der Waals surface area contributed by atoms with Gasteiger partial charge in [-0.15, -0.1) is 5.10 Å². The van der Waals surface area contributed by atoms with Gasteiger partial charge in [0.25, 0.3) is 0 Å². The van der Waals surface area contributed by atoms with Crippen LogP contribution in [0, 0.1) is 0 Å². The van der Waals surface area contributed by atoms with Gasteiger partial charge in [0.1, 0.15) is 0 Å². The van der Waals surface area contributed by atoms with Gasteiger partial charge in [0, 0.05) is 19.2 Å². The molecule has 27 heavy (non-hydrogen) atoms. The Morgan fingerprint density at radius 2 is 2.11 bits per heavy atom. The van der Waals surface area contributed by atoms with Crippen LogP contribution in [-0.4, -0.2) is 56.5 Å². The van der Waals surface area contributed by atoms with Crippen molar-refractivity contribution in [1.82, 2.24) is 19.6 Å². The number of alkyl halides is 2. The number of rotatable bonds is 5. The summed E-state index contributed by atoms with van der Waals surface area (Å²) in [6.45, 7) is 0.851. The van der Waals surface area contributed by atoms with E-state index in [-0.39, 0.29) is 19.1 Å². The summed E-state index contributed by atoms with van der Waals surface area (Å²) in [5.74, 6) is 0.389. The van der Waals surface area contributed by atoms with Crippen LogP contribution in [0.4, 0.5) is 14.7 Å². The molecule has 1 fully saturated rings. The highest BCUT2D eigenvalue weighted by Crippen LogP contribution is 2.21. The second-order valence-electron chi connectivity index (χ2n) is 6.47. The largest absolute Gasteiger partial charge is 0.389 e. The van der Waals surface area contributed by atoms with E-state index in [1.54, 1.807) is 22.8 Å². The van der Waals surface area contributed by atoms with Gasteiger partial charge in [-0.25, -0.2) is 18.3 Å². The first-order valence-corrected chi connectivity index (χ1v) is 8.71. The number of hydrogen-bond donors (Lipinski definition) is 2. The van der Waals surface area contributed by atoms with E-state index < -0.39 is 12.5 Å². The van der Waals surface area contributed by atoms with Crippen molar-refractivity contribution in [1.29, 1.82) is 0 Å². The number of aromatic nitrogens is 4. The average molecular weight is 375 g/mol. The molecule has 9 heteroatoms. The fraction of sp³-hybridized carbons (Fsp3) is 0.389. The number of aliphatic hydroxyl groups excluding tert-OH is 1. The first kappa shape index (κ1) is 17.7. The molecule has 142 valence electrons. The lowest BCUT2D eigenvalue weighted by atomic mass is 10.1. The molecule has 7 nitrogen and oxygen atoms in total. The predicted molar refractivity (Wildman–Crippen MR) is 94.8 cm³/mol. The lowest BCUT2D eigenvalue weighted by molar-refractivity contribution is -0.0136. The number of hydrogen-bond acceptors (Lipinski definition) is 6. The number of fused-ring (bicyclic) bond motifs is 1. The molecular weight excluding hydrogens is 356 g/mol. The lowest BCUT2D eigenvalue weighted by Crippen LogP contribution is -2.42. The maximum absolute atomic E-state index is 12.5. The predicted octanol–water partition coefficient (Wildman–Crippen LogP) is 2.16. The summed E-state index contributed by atoms with van der Waals surface area (Å²) in [5.41, 5.74) is 2.62. The second-order valence-corrected chi connectivity index (χ2v) is 6.47. The maximum Gasteiger partial charge on any atom is 0.242 e. The first-order chi connectivity index (χ1) is 13.1. The third kappa shape index (κ3) is 3.88. The zero-order valence-corrected chi connectivity index (χ0v) is 14.4. The number of anilines is 1. The standard InChI is InChI=1S/C18H19F2N5O2/c19-17(20)7-11-1-3-13(21-8-11)15-4-2-12-9-22-18(24-25(12)15)23-14-5-6-27-10-16(14)26/h1-4,8-9,14,16-17,26H,5-7,10H2,(H,23,24)/t14-,16-/m1/s1. The maximum atomic E-state index is 12.5. The minimum atomic E-state index is -2.39. The third-order valence-corrected chi connectivity index (χ3v) is 4.52. The van der Waals surface area contributed by atoms with Crippen LogP contribution >= 0.6 is 0 Å². The number of aliphatic hydroxyl groups is 1. The summed E-state index contributed by atoms with van der Waals surface area (Å²) in [7, 11) is 0. The molecule has 1 saturated heterocycles. The summed E-state index contributed by atoms with van der Waals surface area (Å²) in [5, 5.41) is 17.6. The molecule has 0 aromatic carbocycles.